The first-order valence-electron chi connectivity index (χ1n) is 13.3. The van der Waals surface area contributed by atoms with Gasteiger partial charge < -0.3 is 25.1 Å². The Balaban J connectivity index is 1.29. The van der Waals surface area contributed by atoms with Crippen molar-refractivity contribution in [3.05, 3.63) is 66.1 Å². The number of alkyl carbamates (subject to hydrolysis) is 1. The SMILES string of the molecule is CC(C)CCOC(=O)NC1CCC(Nc2ccc(NC(=O)c3nc(-c4ccccc4)oc3C(F)(F)F)cc2)CC1. The fourth-order valence-electron chi connectivity index (χ4n) is 4.42. The fraction of sp³-hybridized carbons (Fsp3) is 0.414. The van der Waals surface area contributed by atoms with Crippen LogP contribution in [0, 0.1) is 5.92 Å². The van der Waals surface area contributed by atoms with Crippen LogP contribution in [-0.4, -0.2) is 35.7 Å². The van der Waals surface area contributed by atoms with Gasteiger partial charge in [0, 0.05) is 29.0 Å². The first-order chi connectivity index (χ1) is 19.1. The van der Waals surface area contributed by atoms with Crippen molar-refractivity contribution in [2.75, 3.05) is 17.2 Å². The number of halogens is 3. The molecule has 0 spiro atoms. The Labute approximate surface area is 230 Å². The largest absolute Gasteiger partial charge is 0.452 e. The summed E-state index contributed by atoms with van der Waals surface area (Å²) in [6.07, 6.45) is -1.10. The van der Waals surface area contributed by atoms with Gasteiger partial charge in [0.15, 0.2) is 5.69 Å². The van der Waals surface area contributed by atoms with Gasteiger partial charge in [-0.05, 0) is 74.4 Å². The van der Waals surface area contributed by atoms with Crippen molar-refractivity contribution in [3.8, 4) is 11.5 Å². The molecule has 0 radical (unpaired) electrons. The maximum absolute atomic E-state index is 13.6. The first-order valence-corrected chi connectivity index (χ1v) is 13.3. The lowest BCUT2D eigenvalue weighted by Gasteiger charge is -2.30. The van der Waals surface area contributed by atoms with E-state index >= 15 is 0 Å². The minimum atomic E-state index is -4.89. The molecule has 0 atom stereocenters. The van der Waals surface area contributed by atoms with Crippen LogP contribution in [-0.2, 0) is 10.9 Å². The lowest BCUT2D eigenvalue weighted by atomic mass is 9.91. The van der Waals surface area contributed by atoms with Crippen LogP contribution in [0.2, 0.25) is 0 Å². The van der Waals surface area contributed by atoms with E-state index in [0.29, 0.717) is 23.8 Å². The quantitative estimate of drug-likeness (QED) is 0.259. The lowest BCUT2D eigenvalue weighted by molar-refractivity contribution is -0.153. The molecule has 0 aliphatic heterocycles. The highest BCUT2D eigenvalue weighted by Gasteiger charge is 2.42. The highest BCUT2D eigenvalue weighted by atomic mass is 19.4. The van der Waals surface area contributed by atoms with Gasteiger partial charge in [0.25, 0.3) is 5.91 Å². The summed E-state index contributed by atoms with van der Waals surface area (Å²) in [5, 5.41) is 8.83. The van der Waals surface area contributed by atoms with E-state index in [0.717, 1.165) is 37.8 Å². The van der Waals surface area contributed by atoms with Crippen LogP contribution >= 0.6 is 0 Å². The van der Waals surface area contributed by atoms with Crippen LogP contribution < -0.4 is 16.0 Å². The van der Waals surface area contributed by atoms with Crippen molar-refractivity contribution in [3.63, 3.8) is 0 Å². The number of nitrogens with one attached hydrogen (secondary N) is 3. The predicted molar refractivity (Wildman–Crippen MR) is 145 cm³/mol. The van der Waals surface area contributed by atoms with Crippen molar-refractivity contribution in [1.29, 1.82) is 0 Å². The van der Waals surface area contributed by atoms with E-state index < -0.39 is 23.5 Å². The second-order valence-electron chi connectivity index (χ2n) is 10.2. The van der Waals surface area contributed by atoms with E-state index in [1.165, 1.54) is 0 Å². The van der Waals surface area contributed by atoms with Gasteiger partial charge in [-0.1, -0.05) is 32.0 Å². The molecule has 1 aliphatic rings. The Bertz CT molecular complexity index is 1270. The highest BCUT2D eigenvalue weighted by molar-refractivity contribution is 6.04. The molecule has 1 saturated carbocycles. The molecular formula is C29H33F3N4O4. The van der Waals surface area contributed by atoms with E-state index in [-0.39, 0.29) is 24.1 Å². The second kappa shape index (κ2) is 12.9. The average Bonchev–Trinajstić information content (AvgIpc) is 3.38. The third kappa shape index (κ3) is 8.00. The highest BCUT2D eigenvalue weighted by Crippen LogP contribution is 2.35. The Morgan fingerprint density at radius 3 is 2.23 bits per heavy atom. The molecule has 4 rings (SSSR count). The maximum Gasteiger partial charge on any atom is 0.452 e. The van der Waals surface area contributed by atoms with Crippen molar-refractivity contribution >= 4 is 23.4 Å². The number of carbonyl (C=O) groups is 2. The topological polar surface area (TPSA) is 105 Å². The molecule has 214 valence electrons. The number of oxazole rings is 1. The molecule has 1 fully saturated rings. The van der Waals surface area contributed by atoms with E-state index in [2.05, 4.69) is 34.8 Å². The Morgan fingerprint density at radius 2 is 1.60 bits per heavy atom. The molecule has 11 heteroatoms. The molecule has 2 aromatic carbocycles. The maximum atomic E-state index is 13.6. The molecule has 1 aromatic heterocycles. The zero-order chi connectivity index (χ0) is 28.7. The van der Waals surface area contributed by atoms with Gasteiger partial charge in [0.2, 0.25) is 11.7 Å². The summed E-state index contributed by atoms with van der Waals surface area (Å²) in [4.78, 5) is 28.5. The summed E-state index contributed by atoms with van der Waals surface area (Å²) in [5.74, 6) is -2.28. The number of ether oxygens (including phenoxy) is 1. The van der Waals surface area contributed by atoms with Crippen LogP contribution in [0.15, 0.2) is 59.0 Å². The summed E-state index contributed by atoms with van der Waals surface area (Å²) >= 11 is 0. The molecule has 0 unspecified atom stereocenters. The van der Waals surface area contributed by atoms with E-state index in [1.807, 2.05) is 0 Å². The van der Waals surface area contributed by atoms with Crippen LogP contribution in [0.5, 0.6) is 0 Å². The number of nitrogens with zero attached hydrogens (tertiary/aromatic N) is 1. The third-order valence-corrected chi connectivity index (χ3v) is 6.61. The molecule has 0 bridgehead atoms. The van der Waals surface area contributed by atoms with Gasteiger partial charge in [-0.3, -0.25) is 4.79 Å². The molecule has 1 aliphatic carbocycles. The monoisotopic (exact) mass is 558 g/mol. The van der Waals surface area contributed by atoms with E-state index in [9.17, 15) is 22.8 Å². The predicted octanol–water partition coefficient (Wildman–Crippen LogP) is 7.11. The zero-order valence-electron chi connectivity index (χ0n) is 22.4. The van der Waals surface area contributed by atoms with Crippen LogP contribution in [0.4, 0.5) is 29.3 Å². The number of rotatable bonds is 9. The number of carbonyl (C=O) groups excluding carboxylic acids is 2. The third-order valence-electron chi connectivity index (χ3n) is 6.61. The molecule has 40 heavy (non-hydrogen) atoms. The smallest absolute Gasteiger partial charge is 0.450 e. The van der Waals surface area contributed by atoms with Gasteiger partial charge in [-0.25, -0.2) is 9.78 Å². The van der Waals surface area contributed by atoms with Crippen molar-refractivity contribution < 1.29 is 31.9 Å². The Hall–Kier alpha value is -4.02. The van der Waals surface area contributed by atoms with Crippen LogP contribution in [0.25, 0.3) is 11.5 Å². The summed E-state index contributed by atoms with van der Waals surface area (Å²) in [5.41, 5.74) is 0.625. The van der Waals surface area contributed by atoms with Crippen LogP contribution in [0.1, 0.15) is 62.2 Å². The molecule has 2 amide bonds. The van der Waals surface area contributed by atoms with Gasteiger partial charge in [0.05, 0.1) is 6.61 Å². The fourth-order valence-corrected chi connectivity index (χ4v) is 4.42. The van der Waals surface area contributed by atoms with Gasteiger partial charge in [-0.2, -0.15) is 13.2 Å². The minimum Gasteiger partial charge on any atom is -0.450 e. The first kappa shape index (κ1) is 29.0. The van der Waals surface area contributed by atoms with E-state index in [1.54, 1.807) is 54.6 Å². The van der Waals surface area contributed by atoms with Gasteiger partial charge in [-0.15, -0.1) is 0 Å². The minimum absolute atomic E-state index is 0.0720. The molecule has 8 nitrogen and oxygen atoms in total. The number of amides is 2. The molecule has 0 saturated heterocycles. The average molecular weight is 559 g/mol. The van der Waals surface area contributed by atoms with Crippen molar-refractivity contribution in [1.82, 2.24) is 10.3 Å². The molecule has 1 heterocycles. The molecule has 3 aromatic rings. The molecule has 3 N–H and O–H groups in total. The van der Waals surface area contributed by atoms with E-state index in [4.69, 9.17) is 9.15 Å². The Morgan fingerprint density at radius 1 is 0.975 bits per heavy atom. The normalized spacial score (nSPS) is 17.4. The number of anilines is 2. The number of benzene rings is 2. The number of hydrogen-bond donors (Lipinski definition) is 3. The van der Waals surface area contributed by atoms with Crippen LogP contribution in [0.3, 0.4) is 0 Å². The summed E-state index contributed by atoms with van der Waals surface area (Å²) < 4.78 is 50.9. The lowest BCUT2D eigenvalue weighted by Crippen LogP contribution is -2.40. The van der Waals surface area contributed by atoms with Crippen molar-refractivity contribution in [2.24, 2.45) is 5.92 Å². The van der Waals surface area contributed by atoms with Gasteiger partial charge >= 0.3 is 12.3 Å². The zero-order valence-corrected chi connectivity index (χ0v) is 22.4. The summed E-state index contributed by atoms with van der Waals surface area (Å²) in [7, 11) is 0. The van der Waals surface area contributed by atoms with Crippen molar-refractivity contribution in [2.45, 2.75) is 64.2 Å². The summed E-state index contributed by atoms with van der Waals surface area (Å²) in [6.45, 7) is 4.56. The van der Waals surface area contributed by atoms with Gasteiger partial charge in [0.1, 0.15) is 0 Å². The Kier molecular flexibility index (Phi) is 9.34. The second-order valence-corrected chi connectivity index (χ2v) is 10.2. The summed E-state index contributed by atoms with van der Waals surface area (Å²) in [6, 6.07) is 15.0. The molecular weight excluding hydrogens is 525 g/mol. The number of alkyl halides is 3. The number of hydrogen-bond acceptors (Lipinski definition) is 6. The number of aromatic nitrogens is 1. The standard InChI is InChI=1S/C29H33F3N4O4/c1-18(2)16-17-39-28(38)35-23-14-10-21(11-15-23)33-20-8-12-22(13-9-20)34-26(37)24-25(29(30,31)32)40-27(36-24)19-6-4-3-5-7-19/h3-9,12-13,18,21,23,33H,10-11,14-17H2,1-2H3,(H,34,37)(H,35,38).